The maximum absolute atomic E-state index is 12.9. The molecule has 0 fully saturated rings. The van der Waals surface area contributed by atoms with Gasteiger partial charge in [0.2, 0.25) is 0 Å². The minimum atomic E-state index is -4.36. The molecule has 0 amide bonds. The van der Waals surface area contributed by atoms with E-state index in [1.54, 1.807) is 24.3 Å². The van der Waals surface area contributed by atoms with E-state index in [1.807, 2.05) is 0 Å². The summed E-state index contributed by atoms with van der Waals surface area (Å²) in [5, 5.41) is 0.818. The Kier molecular flexibility index (Phi) is 4.07. The lowest BCUT2D eigenvalue weighted by Gasteiger charge is -2.12. The molecule has 0 radical (unpaired) electrons. The van der Waals surface area contributed by atoms with Gasteiger partial charge in [-0.1, -0.05) is 41.4 Å². The zero-order chi connectivity index (χ0) is 14.0. The summed E-state index contributed by atoms with van der Waals surface area (Å²) in [7, 11) is 0. The standard InChI is InChI=1S/C14H9Cl2F3/c15-11-6-9(7-12(16)8-11)5-10-3-1-2-4-13(10)14(17,18)19/h1-4,6-8H,5H2. The molecule has 0 heterocycles. The van der Waals surface area contributed by atoms with Gasteiger partial charge in [-0.15, -0.1) is 0 Å². The van der Waals surface area contributed by atoms with Gasteiger partial charge in [0.05, 0.1) is 5.56 Å². The largest absolute Gasteiger partial charge is 0.416 e. The van der Waals surface area contributed by atoms with Crippen molar-refractivity contribution in [3.05, 3.63) is 69.2 Å². The average molecular weight is 305 g/mol. The highest BCUT2D eigenvalue weighted by Crippen LogP contribution is 2.33. The van der Waals surface area contributed by atoms with Gasteiger partial charge in [0.15, 0.2) is 0 Å². The molecule has 0 bridgehead atoms. The fraction of sp³-hybridized carbons (Fsp3) is 0.143. The Morgan fingerprint density at radius 2 is 1.47 bits per heavy atom. The molecule has 100 valence electrons. The van der Waals surface area contributed by atoms with Crippen molar-refractivity contribution in [1.29, 1.82) is 0 Å². The number of hydrogen-bond donors (Lipinski definition) is 0. The smallest absolute Gasteiger partial charge is 0.166 e. The molecule has 0 N–H and O–H groups in total. The Labute approximate surface area is 118 Å². The van der Waals surface area contributed by atoms with Gasteiger partial charge >= 0.3 is 6.18 Å². The Morgan fingerprint density at radius 1 is 0.895 bits per heavy atom. The molecule has 0 nitrogen and oxygen atoms in total. The Hall–Kier alpha value is -1.19. The summed E-state index contributed by atoms with van der Waals surface area (Å²) in [4.78, 5) is 0. The Morgan fingerprint density at radius 3 is 2.05 bits per heavy atom. The fourth-order valence-electron chi connectivity index (χ4n) is 1.88. The van der Waals surface area contributed by atoms with Crippen LogP contribution < -0.4 is 0 Å². The molecule has 0 aliphatic carbocycles. The van der Waals surface area contributed by atoms with Gasteiger partial charge in [0.1, 0.15) is 0 Å². The third-order valence-electron chi connectivity index (χ3n) is 2.64. The predicted molar refractivity (Wildman–Crippen MR) is 70.7 cm³/mol. The quantitative estimate of drug-likeness (QED) is 0.677. The zero-order valence-electron chi connectivity index (χ0n) is 9.64. The molecule has 2 aromatic carbocycles. The van der Waals surface area contributed by atoms with E-state index in [0.29, 0.717) is 15.6 Å². The minimum Gasteiger partial charge on any atom is -0.166 e. The van der Waals surface area contributed by atoms with Crippen LogP contribution in [0.5, 0.6) is 0 Å². The van der Waals surface area contributed by atoms with Crippen molar-refractivity contribution >= 4 is 23.2 Å². The second-order valence-electron chi connectivity index (χ2n) is 4.11. The maximum atomic E-state index is 12.9. The summed E-state index contributed by atoms with van der Waals surface area (Å²) in [6.07, 6.45) is -4.23. The van der Waals surface area contributed by atoms with Crippen LogP contribution in [0, 0.1) is 0 Å². The second-order valence-corrected chi connectivity index (χ2v) is 4.98. The van der Waals surface area contributed by atoms with Gasteiger partial charge in [0.25, 0.3) is 0 Å². The first-order valence-electron chi connectivity index (χ1n) is 5.46. The van der Waals surface area contributed by atoms with E-state index in [0.717, 1.165) is 6.07 Å². The van der Waals surface area contributed by atoms with E-state index >= 15 is 0 Å². The fourth-order valence-corrected chi connectivity index (χ4v) is 2.46. The van der Waals surface area contributed by atoms with Crippen LogP contribution in [-0.2, 0) is 12.6 Å². The zero-order valence-corrected chi connectivity index (χ0v) is 11.2. The first-order valence-corrected chi connectivity index (χ1v) is 6.22. The Bertz CT molecular complexity index is 571. The summed E-state index contributed by atoms with van der Waals surface area (Å²) in [6, 6.07) is 10.2. The number of alkyl halides is 3. The molecule has 2 aromatic rings. The van der Waals surface area contributed by atoms with Crippen molar-refractivity contribution in [3.8, 4) is 0 Å². The van der Waals surface area contributed by atoms with Gasteiger partial charge in [-0.05, 0) is 41.8 Å². The highest BCUT2D eigenvalue weighted by atomic mass is 35.5. The normalized spacial score (nSPS) is 11.6. The van der Waals surface area contributed by atoms with E-state index < -0.39 is 11.7 Å². The molecule has 0 atom stereocenters. The highest BCUT2D eigenvalue weighted by Gasteiger charge is 2.32. The van der Waals surface area contributed by atoms with Crippen molar-refractivity contribution in [1.82, 2.24) is 0 Å². The van der Waals surface area contributed by atoms with Crippen LogP contribution >= 0.6 is 23.2 Å². The lowest BCUT2D eigenvalue weighted by atomic mass is 9.99. The van der Waals surface area contributed by atoms with Gasteiger partial charge in [0, 0.05) is 10.0 Å². The first kappa shape index (κ1) is 14.2. The van der Waals surface area contributed by atoms with Gasteiger partial charge in [-0.2, -0.15) is 13.2 Å². The van der Waals surface area contributed by atoms with E-state index in [2.05, 4.69) is 0 Å². The molecule has 19 heavy (non-hydrogen) atoms. The lowest BCUT2D eigenvalue weighted by molar-refractivity contribution is -0.138. The summed E-state index contributed by atoms with van der Waals surface area (Å²) in [5.41, 5.74) is 0.216. The summed E-state index contributed by atoms with van der Waals surface area (Å²) in [6.45, 7) is 0. The topological polar surface area (TPSA) is 0 Å². The van der Waals surface area contributed by atoms with Crippen molar-refractivity contribution in [2.24, 2.45) is 0 Å². The number of hydrogen-bond acceptors (Lipinski definition) is 0. The SMILES string of the molecule is FC(F)(F)c1ccccc1Cc1cc(Cl)cc(Cl)c1. The van der Waals surface area contributed by atoms with E-state index in [4.69, 9.17) is 23.2 Å². The third kappa shape index (κ3) is 3.64. The van der Waals surface area contributed by atoms with Crippen LogP contribution in [0.1, 0.15) is 16.7 Å². The van der Waals surface area contributed by atoms with Crippen LogP contribution in [0.2, 0.25) is 10.0 Å². The summed E-state index contributed by atoms with van der Waals surface area (Å²) >= 11 is 11.7. The van der Waals surface area contributed by atoms with Crippen LogP contribution in [0.25, 0.3) is 0 Å². The van der Waals surface area contributed by atoms with Gasteiger partial charge in [-0.3, -0.25) is 0 Å². The second kappa shape index (κ2) is 5.43. The van der Waals surface area contributed by atoms with Crippen molar-refractivity contribution in [3.63, 3.8) is 0 Å². The molecule has 0 saturated carbocycles. The van der Waals surface area contributed by atoms with Crippen molar-refractivity contribution in [2.75, 3.05) is 0 Å². The van der Waals surface area contributed by atoms with Gasteiger partial charge in [-0.25, -0.2) is 0 Å². The maximum Gasteiger partial charge on any atom is 0.416 e. The van der Waals surface area contributed by atoms with Crippen LogP contribution in [0.3, 0.4) is 0 Å². The first-order chi connectivity index (χ1) is 8.86. The number of halogens is 5. The van der Waals surface area contributed by atoms with Crippen LogP contribution in [0.4, 0.5) is 13.2 Å². The molecule has 2 rings (SSSR count). The molecule has 0 unspecified atom stereocenters. The monoisotopic (exact) mass is 304 g/mol. The molecular weight excluding hydrogens is 296 g/mol. The van der Waals surface area contributed by atoms with Crippen molar-refractivity contribution < 1.29 is 13.2 Å². The molecule has 0 aromatic heterocycles. The van der Waals surface area contributed by atoms with Gasteiger partial charge < -0.3 is 0 Å². The summed E-state index contributed by atoms with van der Waals surface area (Å²) in [5.74, 6) is 0. The van der Waals surface area contributed by atoms with E-state index in [-0.39, 0.29) is 12.0 Å². The summed E-state index contributed by atoms with van der Waals surface area (Å²) < 4.78 is 38.6. The molecule has 0 spiro atoms. The predicted octanol–water partition coefficient (Wildman–Crippen LogP) is 5.60. The average Bonchev–Trinajstić information content (AvgIpc) is 2.26. The highest BCUT2D eigenvalue weighted by molar-refractivity contribution is 6.34. The minimum absolute atomic E-state index is 0.135. The molecule has 0 aliphatic rings. The number of benzene rings is 2. The van der Waals surface area contributed by atoms with Crippen LogP contribution in [0.15, 0.2) is 42.5 Å². The molecule has 5 heteroatoms. The van der Waals surface area contributed by atoms with Crippen LogP contribution in [-0.4, -0.2) is 0 Å². The molecule has 0 saturated heterocycles. The van der Waals surface area contributed by atoms with Crippen molar-refractivity contribution in [2.45, 2.75) is 12.6 Å². The lowest BCUT2D eigenvalue weighted by Crippen LogP contribution is -2.09. The molecule has 0 aliphatic heterocycles. The van der Waals surface area contributed by atoms with E-state index in [9.17, 15) is 13.2 Å². The molecular formula is C14H9Cl2F3. The van der Waals surface area contributed by atoms with E-state index in [1.165, 1.54) is 12.1 Å². The third-order valence-corrected chi connectivity index (χ3v) is 3.08. The number of rotatable bonds is 2. The Balaban J connectivity index is 2.38.